The van der Waals surface area contributed by atoms with Crippen LogP contribution in [0.5, 0.6) is 0 Å². The van der Waals surface area contributed by atoms with E-state index in [-0.39, 0.29) is 23.7 Å². The minimum absolute atomic E-state index is 0.0194. The van der Waals surface area contributed by atoms with Crippen LogP contribution in [-0.2, 0) is 21.2 Å². The summed E-state index contributed by atoms with van der Waals surface area (Å²) in [5, 5.41) is 2.16. The van der Waals surface area contributed by atoms with Crippen molar-refractivity contribution < 1.29 is 13.2 Å². The van der Waals surface area contributed by atoms with Gasteiger partial charge in [-0.1, -0.05) is 49.6 Å². The van der Waals surface area contributed by atoms with Crippen molar-refractivity contribution in [3.05, 3.63) is 72.1 Å². The molecule has 2 aliphatic rings. The number of benzene rings is 2. The zero-order chi connectivity index (χ0) is 22.1. The molecular weight excluding hydrogens is 420 g/mol. The molecule has 2 saturated carbocycles. The van der Waals surface area contributed by atoms with E-state index in [1.54, 1.807) is 18.3 Å². The molecule has 0 amide bonds. The van der Waals surface area contributed by atoms with Gasteiger partial charge in [-0.3, -0.25) is 9.78 Å². The molecular formula is C26H28N2O3S. The first-order chi connectivity index (χ1) is 15.5. The van der Waals surface area contributed by atoms with E-state index in [1.807, 2.05) is 36.5 Å². The summed E-state index contributed by atoms with van der Waals surface area (Å²) < 4.78 is 28.3. The summed E-state index contributed by atoms with van der Waals surface area (Å²) in [6, 6.07) is 15.2. The summed E-state index contributed by atoms with van der Waals surface area (Å²) in [5.74, 6) is 0.459. The molecule has 5 rings (SSSR count). The van der Waals surface area contributed by atoms with Crippen LogP contribution in [0.3, 0.4) is 0 Å². The Labute approximate surface area is 189 Å². The van der Waals surface area contributed by atoms with Crippen molar-refractivity contribution in [2.45, 2.75) is 61.8 Å². The molecule has 2 atom stereocenters. The molecule has 0 aliphatic heterocycles. The predicted molar refractivity (Wildman–Crippen MR) is 125 cm³/mol. The fourth-order valence-electron chi connectivity index (χ4n) is 4.90. The van der Waals surface area contributed by atoms with Crippen molar-refractivity contribution in [3.63, 3.8) is 0 Å². The molecule has 2 aliphatic carbocycles. The van der Waals surface area contributed by atoms with Gasteiger partial charge in [-0.25, -0.2) is 13.1 Å². The summed E-state index contributed by atoms with van der Waals surface area (Å²) >= 11 is 0. The van der Waals surface area contributed by atoms with Gasteiger partial charge in [0, 0.05) is 36.2 Å². The van der Waals surface area contributed by atoms with E-state index in [0.717, 1.165) is 54.0 Å². The third-order valence-corrected chi connectivity index (χ3v) is 8.37. The van der Waals surface area contributed by atoms with E-state index in [4.69, 9.17) is 0 Å². The van der Waals surface area contributed by atoms with Crippen molar-refractivity contribution >= 4 is 26.6 Å². The van der Waals surface area contributed by atoms with Crippen LogP contribution in [0, 0.1) is 5.92 Å². The highest BCUT2D eigenvalue weighted by Gasteiger charge is 2.43. The average Bonchev–Trinajstić information content (AvgIpc) is 3.61. The first-order valence-electron chi connectivity index (χ1n) is 11.5. The number of ketones is 1. The number of aromatic nitrogens is 1. The molecule has 1 N–H and O–H groups in total. The Kier molecular flexibility index (Phi) is 5.82. The zero-order valence-electron chi connectivity index (χ0n) is 18.0. The maximum Gasteiger partial charge on any atom is 0.240 e. The van der Waals surface area contributed by atoms with Gasteiger partial charge >= 0.3 is 0 Å². The Balaban J connectivity index is 1.21. The van der Waals surface area contributed by atoms with Crippen molar-refractivity contribution in [2.24, 2.45) is 5.92 Å². The lowest BCUT2D eigenvalue weighted by Crippen LogP contribution is -2.36. The van der Waals surface area contributed by atoms with Gasteiger partial charge < -0.3 is 0 Å². The maximum absolute atomic E-state index is 12.8. The average molecular weight is 449 g/mol. The number of nitrogens with one attached hydrogen (secondary N) is 1. The molecule has 2 aromatic carbocycles. The maximum atomic E-state index is 12.8. The molecule has 0 spiro atoms. The number of sulfonamides is 1. The van der Waals surface area contributed by atoms with Crippen LogP contribution in [0.25, 0.3) is 10.8 Å². The Morgan fingerprint density at radius 1 is 0.969 bits per heavy atom. The van der Waals surface area contributed by atoms with Crippen molar-refractivity contribution in [3.8, 4) is 0 Å². The highest BCUT2D eigenvalue weighted by Crippen LogP contribution is 2.48. The molecule has 0 bridgehead atoms. The Bertz CT molecular complexity index is 1230. The Hall–Kier alpha value is -2.57. The molecule has 0 radical (unpaired) electrons. The monoisotopic (exact) mass is 448 g/mol. The standard InChI is InChI=1S/C26H28N2O3S/c29-26(15-18-6-7-21-17-27-13-12-20(21)14-18)25-16-24(25)19-8-10-23(11-9-19)32(30,31)28-22-4-2-1-3-5-22/h6-14,17,22,24-25,28H,1-5,15-16H2/t24-,25+/m0/s1. The summed E-state index contributed by atoms with van der Waals surface area (Å²) in [4.78, 5) is 17.3. The third kappa shape index (κ3) is 4.62. The minimum Gasteiger partial charge on any atom is -0.299 e. The molecule has 166 valence electrons. The highest BCUT2D eigenvalue weighted by atomic mass is 32.2. The molecule has 6 heteroatoms. The second kappa shape index (κ2) is 8.75. The van der Waals surface area contributed by atoms with E-state index < -0.39 is 10.0 Å². The van der Waals surface area contributed by atoms with Crippen LogP contribution in [0.1, 0.15) is 55.6 Å². The SMILES string of the molecule is O=C(Cc1ccc2cnccc2c1)[C@@H]1C[C@H]1c1ccc(S(=O)(=O)NC2CCCCC2)cc1. The largest absolute Gasteiger partial charge is 0.299 e. The number of rotatable bonds is 7. The van der Waals surface area contributed by atoms with E-state index in [0.29, 0.717) is 11.3 Å². The Morgan fingerprint density at radius 2 is 1.75 bits per heavy atom. The van der Waals surface area contributed by atoms with Gasteiger partial charge in [-0.15, -0.1) is 0 Å². The number of hydrogen-bond acceptors (Lipinski definition) is 4. The van der Waals surface area contributed by atoms with Crippen molar-refractivity contribution in [1.29, 1.82) is 0 Å². The van der Waals surface area contributed by atoms with Gasteiger partial charge in [0.1, 0.15) is 5.78 Å². The fourth-order valence-corrected chi connectivity index (χ4v) is 6.20. The van der Waals surface area contributed by atoms with Gasteiger partial charge in [-0.2, -0.15) is 0 Å². The molecule has 0 unspecified atom stereocenters. The second-order valence-electron chi connectivity index (χ2n) is 9.17. The van der Waals surface area contributed by atoms with E-state index >= 15 is 0 Å². The van der Waals surface area contributed by atoms with Gasteiger partial charge in [-0.05, 0) is 59.9 Å². The number of nitrogens with zero attached hydrogens (tertiary/aromatic N) is 1. The summed E-state index contributed by atoms with van der Waals surface area (Å²) in [5.41, 5.74) is 2.07. The van der Waals surface area contributed by atoms with E-state index in [2.05, 4.69) is 15.8 Å². The van der Waals surface area contributed by atoms with Gasteiger partial charge in [0.25, 0.3) is 0 Å². The molecule has 1 heterocycles. The topological polar surface area (TPSA) is 76.1 Å². The lowest BCUT2D eigenvalue weighted by Gasteiger charge is -2.22. The molecule has 5 nitrogen and oxygen atoms in total. The van der Waals surface area contributed by atoms with Gasteiger partial charge in [0.15, 0.2) is 0 Å². The van der Waals surface area contributed by atoms with E-state index in [9.17, 15) is 13.2 Å². The molecule has 3 aromatic rings. The number of hydrogen-bond donors (Lipinski definition) is 1. The fraction of sp³-hybridized carbons (Fsp3) is 0.385. The van der Waals surface area contributed by atoms with Crippen LogP contribution in [0.15, 0.2) is 65.8 Å². The summed E-state index contributed by atoms with van der Waals surface area (Å²) in [7, 11) is -3.49. The van der Waals surface area contributed by atoms with Crippen LogP contribution in [-0.4, -0.2) is 25.2 Å². The summed E-state index contributed by atoms with van der Waals surface area (Å²) in [6.45, 7) is 0. The number of Topliss-reactive ketones (excluding diaryl/α,β-unsaturated/α-hetero) is 1. The van der Waals surface area contributed by atoms with Crippen LogP contribution < -0.4 is 4.72 Å². The highest BCUT2D eigenvalue weighted by molar-refractivity contribution is 7.89. The first kappa shape index (κ1) is 21.3. The number of pyridine rings is 1. The number of fused-ring (bicyclic) bond motifs is 1. The third-order valence-electron chi connectivity index (χ3n) is 6.83. The molecule has 1 aromatic heterocycles. The smallest absolute Gasteiger partial charge is 0.240 e. The van der Waals surface area contributed by atoms with Crippen LogP contribution in [0.4, 0.5) is 0 Å². The molecule has 32 heavy (non-hydrogen) atoms. The van der Waals surface area contributed by atoms with Crippen LogP contribution >= 0.6 is 0 Å². The molecule has 2 fully saturated rings. The van der Waals surface area contributed by atoms with Crippen molar-refractivity contribution in [1.82, 2.24) is 9.71 Å². The number of carbonyl (C=O) groups excluding carboxylic acids is 1. The normalized spacial score (nSPS) is 21.5. The van der Waals surface area contributed by atoms with Gasteiger partial charge in [0.2, 0.25) is 10.0 Å². The zero-order valence-corrected chi connectivity index (χ0v) is 18.9. The number of carbonyl (C=O) groups is 1. The first-order valence-corrected chi connectivity index (χ1v) is 13.0. The van der Waals surface area contributed by atoms with Crippen LogP contribution in [0.2, 0.25) is 0 Å². The quantitative estimate of drug-likeness (QED) is 0.565. The Morgan fingerprint density at radius 3 is 2.53 bits per heavy atom. The molecule has 0 saturated heterocycles. The minimum atomic E-state index is -3.49. The lowest BCUT2D eigenvalue weighted by atomic mass is 9.96. The lowest BCUT2D eigenvalue weighted by molar-refractivity contribution is -0.119. The van der Waals surface area contributed by atoms with E-state index in [1.165, 1.54) is 6.42 Å². The van der Waals surface area contributed by atoms with Crippen molar-refractivity contribution in [2.75, 3.05) is 0 Å². The van der Waals surface area contributed by atoms with Gasteiger partial charge in [0.05, 0.1) is 4.90 Å². The summed E-state index contributed by atoms with van der Waals surface area (Å²) in [6.07, 6.45) is 10.0. The predicted octanol–water partition coefficient (Wildman–Crippen LogP) is 4.76. The second-order valence-corrected chi connectivity index (χ2v) is 10.9.